The van der Waals surface area contributed by atoms with Crippen molar-refractivity contribution in [2.75, 3.05) is 11.1 Å². The molecule has 4 N–H and O–H groups in total. The monoisotopic (exact) mass is 270 g/mol. The second-order valence-corrected chi connectivity index (χ2v) is 4.98. The predicted molar refractivity (Wildman–Crippen MR) is 81.6 cm³/mol. The van der Waals surface area contributed by atoms with Crippen LogP contribution in [0.2, 0.25) is 0 Å². The topological polar surface area (TPSA) is 75.3 Å². The van der Waals surface area contributed by atoms with Crippen LogP contribution in [0.15, 0.2) is 42.5 Å². The fraction of sp³-hybridized carbons (Fsp3) is 0.188. The molecule has 0 bridgehead atoms. The van der Waals surface area contributed by atoms with Crippen LogP contribution in [0.4, 0.5) is 17.1 Å². The van der Waals surface area contributed by atoms with Gasteiger partial charge in [-0.2, -0.15) is 0 Å². The number of carbonyl (C=O) groups is 1. The van der Waals surface area contributed by atoms with E-state index < -0.39 is 5.97 Å². The van der Waals surface area contributed by atoms with Crippen molar-refractivity contribution in [1.82, 2.24) is 0 Å². The highest BCUT2D eigenvalue weighted by Gasteiger charge is 2.12. The fourth-order valence-electron chi connectivity index (χ4n) is 1.98. The number of carboxylic acid groups (broad SMARTS) is 1. The quantitative estimate of drug-likeness (QED) is 0.738. The van der Waals surface area contributed by atoms with Gasteiger partial charge in [-0.1, -0.05) is 32.0 Å². The summed E-state index contributed by atoms with van der Waals surface area (Å²) in [5.74, 6) is -0.543. The molecule has 0 spiro atoms. The summed E-state index contributed by atoms with van der Waals surface area (Å²) in [6.45, 7) is 4.25. The van der Waals surface area contributed by atoms with E-state index in [0.717, 1.165) is 5.69 Å². The number of aromatic carboxylic acids is 1. The lowest BCUT2D eigenvalue weighted by atomic mass is 10.0. The van der Waals surface area contributed by atoms with Crippen LogP contribution in [0.5, 0.6) is 0 Å². The first-order chi connectivity index (χ1) is 9.49. The van der Waals surface area contributed by atoms with Gasteiger partial charge in [0.05, 0.1) is 16.9 Å². The second kappa shape index (κ2) is 5.65. The van der Waals surface area contributed by atoms with Gasteiger partial charge in [0, 0.05) is 5.69 Å². The molecular weight excluding hydrogens is 252 g/mol. The minimum absolute atomic E-state index is 0.165. The lowest BCUT2D eigenvalue weighted by Gasteiger charge is -2.13. The van der Waals surface area contributed by atoms with E-state index in [1.165, 1.54) is 11.6 Å². The Morgan fingerprint density at radius 1 is 1.15 bits per heavy atom. The Morgan fingerprint density at radius 3 is 2.35 bits per heavy atom. The molecule has 4 nitrogen and oxygen atoms in total. The molecule has 0 radical (unpaired) electrons. The molecule has 2 aromatic rings. The van der Waals surface area contributed by atoms with E-state index in [1.54, 1.807) is 12.1 Å². The Bertz CT molecular complexity index is 619. The van der Waals surface area contributed by atoms with E-state index >= 15 is 0 Å². The van der Waals surface area contributed by atoms with Gasteiger partial charge < -0.3 is 16.2 Å². The van der Waals surface area contributed by atoms with Gasteiger partial charge in [0.1, 0.15) is 0 Å². The zero-order valence-corrected chi connectivity index (χ0v) is 11.6. The molecule has 0 aliphatic heterocycles. The van der Waals surface area contributed by atoms with E-state index in [2.05, 4.69) is 19.2 Å². The van der Waals surface area contributed by atoms with Crippen LogP contribution in [0.25, 0.3) is 0 Å². The van der Waals surface area contributed by atoms with Crippen molar-refractivity contribution < 1.29 is 9.90 Å². The third kappa shape index (κ3) is 2.91. The number of hydrogen-bond acceptors (Lipinski definition) is 3. The van der Waals surface area contributed by atoms with Gasteiger partial charge in [-0.15, -0.1) is 0 Å². The zero-order valence-electron chi connectivity index (χ0n) is 11.6. The maximum absolute atomic E-state index is 11.2. The lowest BCUT2D eigenvalue weighted by molar-refractivity contribution is 0.0698. The van der Waals surface area contributed by atoms with Gasteiger partial charge in [0.2, 0.25) is 0 Å². The molecule has 0 heterocycles. The van der Waals surface area contributed by atoms with E-state index in [1.807, 2.05) is 24.3 Å². The summed E-state index contributed by atoms with van der Waals surface area (Å²) in [7, 11) is 0. The van der Waals surface area contributed by atoms with Crippen molar-refractivity contribution in [2.45, 2.75) is 19.8 Å². The summed E-state index contributed by atoms with van der Waals surface area (Å²) >= 11 is 0. The molecular formula is C16H18N2O2. The van der Waals surface area contributed by atoms with Gasteiger partial charge in [-0.3, -0.25) is 0 Å². The Kier molecular flexibility index (Phi) is 3.94. The Morgan fingerprint density at radius 2 is 1.80 bits per heavy atom. The van der Waals surface area contributed by atoms with Crippen molar-refractivity contribution >= 4 is 23.0 Å². The summed E-state index contributed by atoms with van der Waals surface area (Å²) in [6.07, 6.45) is 0. The van der Waals surface area contributed by atoms with Crippen molar-refractivity contribution in [3.63, 3.8) is 0 Å². The molecule has 0 fully saturated rings. The molecule has 0 saturated heterocycles. The smallest absolute Gasteiger partial charge is 0.337 e. The summed E-state index contributed by atoms with van der Waals surface area (Å²) in [5, 5.41) is 12.3. The summed E-state index contributed by atoms with van der Waals surface area (Å²) < 4.78 is 0. The zero-order chi connectivity index (χ0) is 14.7. The van der Waals surface area contributed by atoms with Crippen molar-refractivity contribution in [3.05, 3.63) is 53.6 Å². The molecule has 4 heteroatoms. The third-order valence-corrected chi connectivity index (χ3v) is 3.17. The number of anilines is 3. The van der Waals surface area contributed by atoms with Gasteiger partial charge in [0.25, 0.3) is 0 Å². The molecule has 0 atom stereocenters. The number of carboxylic acids is 1. The Labute approximate surface area is 118 Å². The van der Waals surface area contributed by atoms with Crippen molar-refractivity contribution in [1.29, 1.82) is 0 Å². The summed E-state index contributed by atoms with van der Waals surface area (Å²) in [6, 6.07) is 12.7. The number of nitrogens with one attached hydrogen (secondary N) is 1. The maximum atomic E-state index is 11.2. The SMILES string of the molecule is CC(C)c1ccc(Nc2c(N)cccc2C(=O)O)cc1. The number of benzene rings is 2. The highest BCUT2D eigenvalue weighted by Crippen LogP contribution is 2.28. The van der Waals surface area contributed by atoms with Crippen LogP contribution < -0.4 is 11.1 Å². The standard InChI is InChI=1S/C16H18N2O2/c1-10(2)11-6-8-12(9-7-11)18-15-13(16(19)20)4-3-5-14(15)17/h3-10,18H,17H2,1-2H3,(H,19,20). The van der Waals surface area contributed by atoms with Crippen LogP contribution in [-0.2, 0) is 0 Å². The number of nitrogen functional groups attached to an aromatic ring is 1. The Hall–Kier alpha value is -2.49. The molecule has 0 saturated carbocycles. The van der Waals surface area contributed by atoms with Crippen molar-refractivity contribution in [3.8, 4) is 0 Å². The van der Waals surface area contributed by atoms with Crippen LogP contribution in [0.3, 0.4) is 0 Å². The lowest BCUT2D eigenvalue weighted by Crippen LogP contribution is -2.05. The molecule has 0 unspecified atom stereocenters. The molecule has 0 aliphatic carbocycles. The first-order valence-corrected chi connectivity index (χ1v) is 6.48. The molecule has 0 amide bonds. The third-order valence-electron chi connectivity index (χ3n) is 3.17. The van der Waals surface area contributed by atoms with E-state index in [0.29, 0.717) is 17.3 Å². The molecule has 20 heavy (non-hydrogen) atoms. The minimum atomic E-state index is -1.00. The average Bonchev–Trinajstić information content (AvgIpc) is 2.41. The van der Waals surface area contributed by atoms with Gasteiger partial charge in [-0.05, 0) is 35.7 Å². The molecule has 2 rings (SSSR count). The minimum Gasteiger partial charge on any atom is -0.478 e. The molecule has 0 aromatic heterocycles. The average molecular weight is 270 g/mol. The van der Waals surface area contributed by atoms with Gasteiger partial charge in [0.15, 0.2) is 0 Å². The van der Waals surface area contributed by atoms with Gasteiger partial charge in [-0.25, -0.2) is 4.79 Å². The van der Waals surface area contributed by atoms with E-state index in [-0.39, 0.29) is 5.56 Å². The highest BCUT2D eigenvalue weighted by atomic mass is 16.4. The fourth-order valence-corrected chi connectivity index (χ4v) is 1.98. The Balaban J connectivity index is 2.32. The number of hydrogen-bond donors (Lipinski definition) is 3. The number of rotatable bonds is 4. The van der Waals surface area contributed by atoms with Crippen LogP contribution in [-0.4, -0.2) is 11.1 Å². The largest absolute Gasteiger partial charge is 0.478 e. The maximum Gasteiger partial charge on any atom is 0.337 e. The molecule has 0 aliphatic rings. The molecule has 2 aromatic carbocycles. The summed E-state index contributed by atoms with van der Waals surface area (Å²) in [4.78, 5) is 11.2. The second-order valence-electron chi connectivity index (χ2n) is 4.98. The van der Waals surface area contributed by atoms with E-state index in [9.17, 15) is 9.90 Å². The number of nitrogens with two attached hydrogens (primary N) is 1. The molecule has 104 valence electrons. The van der Waals surface area contributed by atoms with Crippen molar-refractivity contribution in [2.24, 2.45) is 0 Å². The predicted octanol–water partition coefficient (Wildman–Crippen LogP) is 3.83. The normalized spacial score (nSPS) is 10.6. The highest BCUT2D eigenvalue weighted by molar-refractivity contribution is 5.98. The van der Waals surface area contributed by atoms with Crippen LogP contribution >= 0.6 is 0 Å². The summed E-state index contributed by atoms with van der Waals surface area (Å²) in [5.41, 5.74) is 8.91. The van der Waals surface area contributed by atoms with Crippen LogP contribution in [0, 0.1) is 0 Å². The first-order valence-electron chi connectivity index (χ1n) is 6.48. The van der Waals surface area contributed by atoms with Crippen LogP contribution in [0.1, 0.15) is 35.7 Å². The number of para-hydroxylation sites is 1. The first kappa shape index (κ1) is 13.9. The van der Waals surface area contributed by atoms with Gasteiger partial charge >= 0.3 is 5.97 Å². The van der Waals surface area contributed by atoms with E-state index in [4.69, 9.17) is 5.73 Å².